The van der Waals surface area contributed by atoms with E-state index in [2.05, 4.69) is 69.9 Å². The fourth-order valence-corrected chi connectivity index (χ4v) is 4.05. The van der Waals surface area contributed by atoms with Crippen LogP contribution in [-0.2, 0) is 18.9 Å². The molecule has 2 aliphatic carbocycles. The molecule has 2 aliphatic heterocycles. The molecule has 0 aromatic rings. The molecule has 4 heteroatoms. The Hall–Kier alpha value is -2.72. The molecule has 4 aliphatic rings. The molecule has 31 heavy (non-hydrogen) atoms. The molecule has 0 N–H and O–H groups in total. The van der Waals surface area contributed by atoms with Crippen LogP contribution in [0.15, 0.2) is 94.8 Å². The summed E-state index contributed by atoms with van der Waals surface area (Å²) in [6, 6.07) is 0. The van der Waals surface area contributed by atoms with E-state index in [0.717, 1.165) is 65.4 Å². The van der Waals surface area contributed by atoms with Crippen LogP contribution < -0.4 is 0 Å². The summed E-state index contributed by atoms with van der Waals surface area (Å²) in [4.78, 5) is 0. The molecule has 1 atom stereocenters. The predicted molar refractivity (Wildman–Crippen MR) is 123 cm³/mol. The SMILES string of the molecule is C=CCOC1CC(OCCC)=CC=C1C1=CC2=C(CC3=C(C=C2)OC(C)(C)C=C3)OC1. The van der Waals surface area contributed by atoms with E-state index in [9.17, 15) is 0 Å². The van der Waals surface area contributed by atoms with Gasteiger partial charge < -0.3 is 18.9 Å². The van der Waals surface area contributed by atoms with E-state index in [1.54, 1.807) is 6.08 Å². The van der Waals surface area contributed by atoms with Gasteiger partial charge in [0.15, 0.2) is 0 Å². The van der Waals surface area contributed by atoms with Crippen molar-refractivity contribution in [3.05, 3.63) is 94.8 Å². The van der Waals surface area contributed by atoms with Gasteiger partial charge in [0.25, 0.3) is 0 Å². The lowest BCUT2D eigenvalue weighted by atomic mass is 9.91. The number of rotatable bonds is 7. The van der Waals surface area contributed by atoms with Crippen LogP contribution in [0.4, 0.5) is 0 Å². The Morgan fingerprint density at radius 2 is 2.10 bits per heavy atom. The highest BCUT2D eigenvalue weighted by atomic mass is 16.5. The van der Waals surface area contributed by atoms with Crippen molar-refractivity contribution in [2.24, 2.45) is 0 Å². The van der Waals surface area contributed by atoms with Gasteiger partial charge in [-0.1, -0.05) is 25.2 Å². The number of allylic oxidation sites excluding steroid dienone is 8. The van der Waals surface area contributed by atoms with Crippen molar-refractivity contribution in [1.82, 2.24) is 0 Å². The average Bonchev–Trinajstić information content (AvgIpc) is 2.94. The van der Waals surface area contributed by atoms with Gasteiger partial charge in [-0.3, -0.25) is 0 Å². The first-order chi connectivity index (χ1) is 15.0. The molecule has 0 fully saturated rings. The Balaban J connectivity index is 1.58. The first-order valence-electron chi connectivity index (χ1n) is 11.1. The lowest BCUT2D eigenvalue weighted by Gasteiger charge is -2.30. The Morgan fingerprint density at radius 1 is 1.23 bits per heavy atom. The molecule has 0 saturated carbocycles. The summed E-state index contributed by atoms with van der Waals surface area (Å²) in [7, 11) is 0. The summed E-state index contributed by atoms with van der Waals surface area (Å²) in [5, 5.41) is 0. The van der Waals surface area contributed by atoms with Gasteiger partial charge in [0.2, 0.25) is 0 Å². The molecule has 0 radical (unpaired) electrons. The van der Waals surface area contributed by atoms with Gasteiger partial charge in [-0.15, -0.1) is 6.58 Å². The highest BCUT2D eigenvalue weighted by Gasteiger charge is 2.29. The van der Waals surface area contributed by atoms with Crippen molar-refractivity contribution < 1.29 is 18.9 Å². The summed E-state index contributed by atoms with van der Waals surface area (Å²) in [5.41, 5.74) is 4.24. The number of hydrogen-bond donors (Lipinski definition) is 0. The highest BCUT2D eigenvalue weighted by molar-refractivity contribution is 5.53. The van der Waals surface area contributed by atoms with Crippen LogP contribution in [-0.4, -0.2) is 31.5 Å². The van der Waals surface area contributed by atoms with Gasteiger partial charge in [-0.05, 0) is 61.8 Å². The second-order valence-corrected chi connectivity index (χ2v) is 8.69. The predicted octanol–water partition coefficient (Wildman–Crippen LogP) is 5.99. The molecule has 164 valence electrons. The lowest BCUT2D eigenvalue weighted by Crippen LogP contribution is -2.24. The number of hydrogen-bond acceptors (Lipinski definition) is 4. The fourth-order valence-electron chi connectivity index (χ4n) is 4.05. The van der Waals surface area contributed by atoms with E-state index in [4.69, 9.17) is 18.9 Å². The van der Waals surface area contributed by atoms with Gasteiger partial charge in [-0.2, -0.15) is 0 Å². The molecule has 0 bridgehead atoms. The van der Waals surface area contributed by atoms with Gasteiger partial charge in [0.1, 0.15) is 23.7 Å². The molecule has 1 unspecified atom stereocenters. The van der Waals surface area contributed by atoms with Crippen molar-refractivity contribution >= 4 is 0 Å². The van der Waals surface area contributed by atoms with Crippen molar-refractivity contribution in [3.8, 4) is 0 Å². The van der Waals surface area contributed by atoms with E-state index >= 15 is 0 Å². The van der Waals surface area contributed by atoms with Crippen LogP contribution in [0.5, 0.6) is 0 Å². The van der Waals surface area contributed by atoms with Crippen molar-refractivity contribution in [2.45, 2.75) is 51.7 Å². The zero-order valence-electron chi connectivity index (χ0n) is 18.8. The lowest BCUT2D eigenvalue weighted by molar-refractivity contribution is 0.0792. The standard InChI is InChI=1S/C27H32O4/c1-5-13-28-22-8-9-23(26(17-22)29-14-6-2)21-15-19-7-10-24-20(16-25(19)30-18-21)11-12-27(3,4)31-24/h6-12,15,26H,2,5,13-14,16-18H2,1,3-4H3. The normalized spacial score (nSPS) is 24.1. The first kappa shape index (κ1) is 21.5. The minimum Gasteiger partial charge on any atom is -0.498 e. The third-order valence-electron chi connectivity index (χ3n) is 5.65. The Labute approximate surface area is 185 Å². The third-order valence-corrected chi connectivity index (χ3v) is 5.65. The van der Waals surface area contributed by atoms with Crippen LogP contribution in [0, 0.1) is 0 Å². The summed E-state index contributed by atoms with van der Waals surface area (Å²) < 4.78 is 24.4. The second kappa shape index (κ2) is 9.19. The Morgan fingerprint density at radius 3 is 2.90 bits per heavy atom. The largest absolute Gasteiger partial charge is 0.498 e. The molecular weight excluding hydrogens is 388 g/mol. The molecule has 0 aromatic carbocycles. The fraction of sp³-hybridized carbons (Fsp3) is 0.407. The van der Waals surface area contributed by atoms with Crippen LogP contribution in [0.25, 0.3) is 0 Å². The zero-order chi connectivity index (χ0) is 21.8. The number of ether oxygens (including phenoxy) is 4. The van der Waals surface area contributed by atoms with Crippen LogP contribution in [0.1, 0.15) is 40.0 Å². The maximum absolute atomic E-state index is 6.24. The van der Waals surface area contributed by atoms with Crippen LogP contribution in [0.3, 0.4) is 0 Å². The minimum absolute atomic E-state index is 0.0694. The van der Waals surface area contributed by atoms with Crippen molar-refractivity contribution in [2.75, 3.05) is 19.8 Å². The maximum Gasteiger partial charge on any atom is 0.124 e. The van der Waals surface area contributed by atoms with Crippen LogP contribution in [0.2, 0.25) is 0 Å². The van der Waals surface area contributed by atoms with E-state index in [0.29, 0.717) is 13.2 Å². The van der Waals surface area contributed by atoms with Gasteiger partial charge >= 0.3 is 0 Å². The zero-order valence-corrected chi connectivity index (χ0v) is 18.8. The Bertz CT molecular complexity index is 950. The maximum atomic E-state index is 6.24. The van der Waals surface area contributed by atoms with E-state index in [1.165, 1.54) is 0 Å². The first-order valence-corrected chi connectivity index (χ1v) is 11.1. The topological polar surface area (TPSA) is 36.9 Å². The van der Waals surface area contributed by atoms with Crippen molar-refractivity contribution in [3.63, 3.8) is 0 Å². The molecule has 2 heterocycles. The molecule has 0 saturated heterocycles. The minimum atomic E-state index is -0.289. The summed E-state index contributed by atoms with van der Waals surface area (Å²) in [6.07, 6.45) is 19.0. The van der Waals surface area contributed by atoms with E-state index in [-0.39, 0.29) is 11.7 Å². The van der Waals surface area contributed by atoms with Gasteiger partial charge in [0.05, 0.1) is 25.1 Å². The smallest absolute Gasteiger partial charge is 0.124 e. The molecule has 4 rings (SSSR count). The Kier molecular flexibility index (Phi) is 6.38. The monoisotopic (exact) mass is 420 g/mol. The summed E-state index contributed by atoms with van der Waals surface area (Å²) in [5.74, 6) is 2.88. The molecule has 0 aromatic heterocycles. The van der Waals surface area contributed by atoms with Gasteiger partial charge in [0, 0.05) is 24.0 Å². The third kappa shape index (κ3) is 4.96. The molecule has 0 spiro atoms. The van der Waals surface area contributed by atoms with Crippen LogP contribution >= 0.6 is 0 Å². The summed E-state index contributed by atoms with van der Waals surface area (Å²) >= 11 is 0. The quantitative estimate of drug-likeness (QED) is 0.474. The van der Waals surface area contributed by atoms with E-state index < -0.39 is 0 Å². The molecule has 4 nitrogen and oxygen atoms in total. The van der Waals surface area contributed by atoms with Crippen molar-refractivity contribution in [1.29, 1.82) is 0 Å². The second-order valence-electron chi connectivity index (χ2n) is 8.69. The molecule has 0 amide bonds. The highest BCUT2D eigenvalue weighted by Crippen LogP contribution is 2.37. The summed E-state index contributed by atoms with van der Waals surface area (Å²) in [6.45, 7) is 11.8. The van der Waals surface area contributed by atoms with E-state index in [1.807, 2.05) is 0 Å². The average molecular weight is 421 g/mol. The molecular formula is C27H32O4. The van der Waals surface area contributed by atoms with Gasteiger partial charge in [-0.25, -0.2) is 0 Å².